The quantitative estimate of drug-likeness (QED) is 0.697. The van der Waals surface area contributed by atoms with Crippen LogP contribution in [0.2, 0.25) is 0 Å². The van der Waals surface area contributed by atoms with Crippen LogP contribution >= 0.6 is 0 Å². The van der Waals surface area contributed by atoms with E-state index >= 15 is 0 Å². The topological polar surface area (TPSA) is 92.5 Å². The summed E-state index contributed by atoms with van der Waals surface area (Å²) in [7, 11) is -3.53. The molecule has 29 heavy (non-hydrogen) atoms. The van der Waals surface area contributed by atoms with Gasteiger partial charge in [-0.25, -0.2) is 13.4 Å². The highest BCUT2D eigenvalue weighted by Crippen LogP contribution is 2.27. The zero-order chi connectivity index (χ0) is 20.4. The summed E-state index contributed by atoms with van der Waals surface area (Å²) in [6.07, 6.45) is 3.31. The van der Waals surface area contributed by atoms with Crippen LogP contribution in [0.3, 0.4) is 0 Å². The molecular weight excluding hydrogens is 390 g/mol. The maximum Gasteiger partial charge on any atom is 0.243 e. The van der Waals surface area contributed by atoms with Crippen LogP contribution < -0.4 is 5.32 Å². The third-order valence-electron chi connectivity index (χ3n) is 5.10. The summed E-state index contributed by atoms with van der Waals surface area (Å²) in [4.78, 5) is 16.9. The number of nitrogens with one attached hydrogen (secondary N) is 1. The molecule has 7 nitrogen and oxygen atoms in total. The van der Waals surface area contributed by atoms with Gasteiger partial charge in [-0.1, -0.05) is 24.3 Å². The molecule has 0 aliphatic carbocycles. The van der Waals surface area contributed by atoms with Crippen LogP contribution in [0.25, 0.3) is 11.3 Å². The lowest BCUT2D eigenvalue weighted by Crippen LogP contribution is -2.51. The second-order valence-electron chi connectivity index (χ2n) is 6.87. The summed E-state index contributed by atoms with van der Waals surface area (Å²) in [5, 5.41) is 2.85. The molecule has 3 aromatic rings. The van der Waals surface area contributed by atoms with E-state index in [1.807, 2.05) is 36.4 Å². The molecule has 1 aromatic heterocycles. The first kappa shape index (κ1) is 19.4. The zero-order valence-electron chi connectivity index (χ0n) is 15.9. The predicted molar refractivity (Wildman–Crippen MR) is 110 cm³/mol. The van der Waals surface area contributed by atoms with E-state index in [-0.39, 0.29) is 18.2 Å². The van der Waals surface area contributed by atoms with Crippen molar-refractivity contribution < 1.29 is 17.6 Å². The average Bonchev–Trinajstić information content (AvgIpc) is 3.28. The second kappa shape index (κ2) is 7.81. The van der Waals surface area contributed by atoms with Gasteiger partial charge in [-0.3, -0.25) is 4.79 Å². The first-order valence-electron chi connectivity index (χ1n) is 9.34. The maximum atomic E-state index is 13.0. The lowest BCUT2D eigenvalue weighted by atomic mass is 9.95. The summed E-state index contributed by atoms with van der Waals surface area (Å²) in [5.74, 6) is 0.237. The number of amides is 1. The smallest absolute Gasteiger partial charge is 0.243 e. The fourth-order valence-electron chi connectivity index (χ4n) is 3.48. The van der Waals surface area contributed by atoms with Crippen molar-refractivity contribution in [2.75, 3.05) is 11.1 Å². The standard InChI is InChI=1S/C21H21N3O4S/c1-2-29(26,27)24-13-17-6-4-3-5-16(17)11-19(24)21(25)23-18-9-7-15(8-10-18)20-12-22-14-28-20/h3-10,12,14,19H,2,11,13H2,1H3,(H,23,25). The Kier molecular flexibility index (Phi) is 5.21. The minimum absolute atomic E-state index is 0.0508. The fourth-order valence-corrected chi connectivity index (χ4v) is 4.71. The molecule has 1 atom stereocenters. The maximum absolute atomic E-state index is 13.0. The van der Waals surface area contributed by atoms with Crippen LogP contribution in [0.15, 0.2) is 65.5 Å². The number of fused-ring (bicyclic) bond motifs is 1. The molecule has 0 saturated carbocycles. The summed E-state index contributed by atoms with van der Waals surface area (Å²) >= 11 is 0. The highest BCUT2D eigenvalue weighted by atomic mass is 32.2. The summed E-state index contributed by atoms with van der Waals surface area (Å²) in [6.45, 7) is 1.79. The van der Waals surface area contributed by atoms with E-state index in [9.17, 15) is 13.2 Å². The normalized spacial score (nSPS) is 16.9. The summed E-state index contributed by atoms with van der Waals surface area (Å²) < 4.78 is 31.8. The number of rotatable bonds is 5. The number of carbonyl (C=O) groups is 1. The van der Waals surface area contributed by atoms with E-state index in [0.29, 0.717) is 17.9 Å². The van der Waals surface area contributed by atoms with Crippen LogP contribution in [-0.4, -0.2) is 35.4 Å². The molecule has 2 heterocycles. The Labute approximate surface area is 169 Å². The van der Waals surface area contributed by atoms with Gasteiger partial charge < -0.3 is 9.73 Å². The van der Waals surface area contributed by atoms with Crippen molar-refractivity contribution in [3.63, 3.8) is 0 Å². The Morgan fingerprint density at radius 3 is 2.55 bits per heavy atom. The molecule has 2 aromatic carbocycles. The SMILES string of the molecule is CCS(=O)(=O)N1Cc2ccccc2CC1C(=O)Nc1ccc(-c2cnco2)cc1. The lowest BCUT2D eigenvalue weighted by Gasteiger charge is -2.34. The molecule has 1 amide bonds. The van der Waals surface area contributed by atoms with Crippen molar-refractivity contribution in [1.29, 1.82) is 0 Å². The largest absolute Gasteiger partial charge is 0.444 e. The van der Waals surface area contributed by atoms with E-state index in [1.54, 1.807) is 25.3 Å². The molecule has 0 radical (unpaired) electrons. The highest BCUT2D eigenvalue weighted by molar-refractivity contribution is 7.89. The number of hydrogen-bond donors (Lipinski definition) is 1. The van der Waals surface area contributed by atoms with Crippen molar-refractivity contribution >= 4 is 21.6 Å². The molecule has 1 aliphatic heterocycles. The molecule has 1 unspecified atom stereocenters. The highest BCUT2D eigenvalue weighted by Gasteiger charge is 2.37. The second-order valence-corrected chi connectivity index (χ2v) is 9.08. The lowest BCUT2D eigenvalue weighted by molar-refractivity contribution is -0.120. The number of oxazole rings is 1. The first-order chi connectivity index (χ1) is 14.0. The van der Waals surface area contributed by atoms with Gasteiger partial charge in [0.05, 0.1) is 11.9 Å². The Balaban J connectivity index is 1.57. The first-order valence-corrected chi connectivity index (χ1v) is 10.9. The molecule has 150 valence electrons. The van der Waals surface area contributed by atoms with Crippen LogP contribution in [0, 0.1) is 0 Å². The van der Waals surface area contributed by atoms with Crippen LogP contribution in [0.1, 0.15) is 18.1 Å². The Bertz CT molecular complexity index is 1110. The van der Waals surface area contributed by atoms with Gasteiger partial charge in [0, 0.05) is 17.8 Å². The molecule has 0 spiro atoms. The van der Waals surface area contributed by atoms with Crippen LogP contribution in [0.5, 0.6) is 0 Å². The van der Waals surface area contributed by atoms with E-state index in [1.165, 1.54) is 10.7 Å². The summed E-state index contributed by atoms with van der Waals surface area (Å²) in [6, 6.07) is 14.0. The minimum Gasteiger partial charge on any atom is -0.444 e. The average molecular weight is 411 g/mol. The van der Waals surface area contributed by atoms with Gasteiger partial charge in [0.1, 0.15) is 6.04 Å². The molecule has 8 heteroatoms. The van der Waals surface area contributed by atoms with Crippen molar-refractivity contribution in [2.45, 2.75) is 25.9 Å². The van der Waals surface area contributed by atoms with E-state index in [4.69, 9.17) is 4.42 Å². The number of sulfonamides is 1. The number of aromatic nitrogens is 1. The van der Waals surface area contributed by atoms with Crippen molar-refractivity contribution in [1.82, 2.24) is 9.29 Å². The molecule has 1 aliphatic rings. The predicted octanol–water partition coefficient (Wildman–Crippen LogP) is 3.06. The molecule has 0 bridgehead atoms. The zero-order valence-corrected chi connectivity index (χ0v) is 16.7. The van der Waals surface area contributed by atoms with Gasteiger partial charge in [-0.2, -0.15) is 4.31 Å². The van der Waals surface area contributed by atoms with Crippen LogP contribution in [-0.2, 0) is 27.8 Å². The van der Waals surface area contributed by atoms with Gasteiger partial charge in [-0.05, 0) is 48.7 Å². The number of benzene rings is 2. The number of carbonyl (C=O) groups excluding carboxylic acids is 1. The van der Waals surface area contributed by atoms with Gasteiger partial charge in [-0.15, -0.1) is 0 Å². The van der Waals surface area contributed by atoms with Crippen LogP contribution in [0.4, 0.5) is 5.69 Å². The van der Waals surface area contributed by atoms with E-state index < -0.39 is 16.1 Å². The molecule has 1 N–H and O–H groups in total. The van der Waals surface area contributed by atoms with E-state index in [0.717, 1.165) is 16.7 Å². The Morgan fingerprint density at radius 2 is 1.90 bits per heavy atom. The van der Waals surface area contributed by atoms with Gasteiger partial charge in [0.25, 0.3) is 0 Å². The third kappa shape index (κ3) is 3.94. The number of hydrogen-bond acceptors (Lipinski definition) is 5. The molecule has 0 saturated heterocycles. The Morgan fingerprint density at radius 1 is 1.17 bits per heavy atom. The summed E-state index contributed by atoms with van der Waals surface area (Å²) in [5.41, 5.74) is 3.36. The van der Waals surface area contributed by atoms with Crippen molar-refractivity contribution in [3.05, 3.63) is 72.2 Å². The Hall–Kier alpha value is -2.97. The monoisotopic (exact) mass is 411 g/mol. The number of nitrogens with zero attached hydrogens (tertiary/aromatic N) is 2. The molecule has 0 fully saturated rings. The van der Waals surface area contributed by atoms with E-state index in [2.05, 4.69) is 10.3 Å². The van der Waals surface area contributed by atoms with Gasteiger partial charge in [0.2, 0.25) is 15.9 Å². The number of anilines is 1. The molecular formula is C21H21N3O4S. The van der Waals surface area contributed by atoms with Gasteiger partial charge in [0.15, 0.2) is 12.2 Å². The van der Waals surface area contributed by atoms with Gasteiger partial charge >= 0.3 is 0 Å². The van der Waals surface area contributed by atoms with Crippen molar-refractivity contribution in [3.8, 4) is 11.3 Å². The minimum atomic E-state index is -3.53. The van der Waals surface area contributed by atoms with Crippen molar-refractivity contribution in [2.24, 2.45) is 0 Å². The molecule has 4 rings (SSSR count). The fraction of sp³-hybridized carbons (Fsp3) is 0.238. The third-order valence-corrected chi connectivity index (χ3v) is 6.93.